The minimum Gasteiger partial charge on any atom is -0.361 e. The van der Waals surface area contributed by atoms with Crippen molar-refractivity contribution in [3.63, 3.8) is 0 Å². The number of aromatic nitrogens is 2. The van der Waals surface area contributed by atoms with Crippen molar-refractivity contribution in [1.82, 2.24) is 9.97 Å². The van der Waals surface area contributed by atoms with Crippen LogP contribution in [0.4, 0.5) is 0 Å². The highest BCUT2D eigenvalue weighted by molar-refractivity contribution is 6.19. The summed E-state index contributed by atoms with van der Waals surface area (Å²) in [6.07, 6.45) is 4.05. The predicted molar refractivity (Wildman–Crippen MR) is 133 cm³/mol. The number of hydrogen-bond donors (Lipinski definition) is 2. The molecule has 0 fully saturated rings. The van der Waals surface area contributed by atoms with Gasteiger partial charge in [0.05, 0.1) is 0 Å². The molecule has 6 aromatic rings. The molecule has 3 heteroatoms. The molecule has 0 amide bonds. The zero-order valence-electron chi connectivity index (χ0n) is 17.8. The fraction of sp³-hybridized carbons (Fsp3) is 0.0333. The normalized spacial score (nSPS) is 14.4. The lowest BCUT2D eigenvalue weighted by molar-refractivity contribution is 0.0934. The third-order valence-electron chi connectivity index (χ3n) is 7.12. The molecule has 2 N–H and O–H groups in total. The van der Waals surface area contributed by atoms with Gasteiger partial charge in [-0.05, 0) is 28.8 Å². The maximum absolute atomic E-state index is 14.8. The van der Waals surface area contributed by atoms with Crippen LogP contribution >= 0.6 is 0 Å². The van der Waals surface area contributed by atoms with E-state index in [9.17, 15) is 4.79 Å². The van der Waals surface area contributed by atoms with E-state index in [-0.39, 0.29) is 5.78 Å². The van der Waals surface area contributed by atoms with Gasteiger partial charge in [0.25, 0.3) is 0 Å². The Bertz CT molecular complexity index is 1630. The fourth-order valence-corrected chi connectivity index (χ4v) is 5.73. The SMILES string of the molecule is O=C1c2ccccc2-c2ccccc2C1(c1c[nH]c2ccccc12)c1c[nH]c2ccccc12. The molecule has 1 aliphatic carbocycles. The van der Waals surface area contributed by atoms with Gasteiger partial charge in [-0.25, -0.2) is 0 Å². The maximum Gasteiger partial charge on any atom is 0.183 e. The first-order valence-corrected chi connectivity index (χ1v) is 11.2. The molecule has 0 saturated carbocycles. The summed E-state index contributed by atoms with van der Waals surface area (Å²) in [7, 11) is 0. The minimum absolute atomic E-state index is 0.103. The molecule has 2 heterocycles. The van der Waals surface area contributed by atoms with Crippen LogP contribution in [0.5, 0.6) is 0 Å². The van der Waals surface area contributed by atoms with Gasteiger partial charge in [-0.3, -0.25) is 4.79 Å². The van der Waals surface area contributed by atoms with Crippen molar-refractivity contribution in [2.75, 3.05) is 0 Å². The summed E-state index contributed by atoms with van der Waals surface area (Å²) in [4.78, 5) is 21.6. The summed E-state index contributed by atoms with van der Waals surface area (Å²) in [6.45, 7) is 0. The number of rotatable bonds is 2. The zero-order chi connectivity index (χ0) is 22.0. The van der Waals surface area contributed by atoms with Crippen molar-refractivity contribution in [2.24, 2.45) is 0 Å². The Labute approximate surface area is 190 Å². The monoisotopic (exact) mass is 424 g/mol. The summed E-state index contributed by atoms with van der Waals surface area (Å²) in [5.74, 6) is 0.103. The van der Waals surface area contributed by atoms with Crippen LogP contribution < -0.4 is 0 Å². The van der Waals surface area contributed by atoms with E-state index in [2.05, 4.69) is 58.5 Å². The lowest BCUT2D eigenvalue weighted by Crippen LogP contribution is -2.41. The number of Topliss-reactive ketones (excluding diaryl/α,β-unsaturated/α-hetero) is 1. The van der Waals surface area contributed by atoms with Crippen molar-refractivity contribution in [3.8, 4) is 11.1 Å². The Kier molecular flexibility index (Phi) is 3.63. The lowest BCUT2D eigenvalue weighted by Gasteiger charge is -2.39. The molecule has 0 unspecified atom stereocenters. The highest BCUT2D eigenvalue weighted by Crippen LogP contribution is 2.53. The van der Waals surface area contributed by atoms with E-state index in [1.54, 1.807) is 0 Å². The number of para-hydroxylation sites is 2. The lowest BCUT2D eigenvalue weighted by atomic mass is 9.60. The summed E-state index contributed by atoms with van der Waals surface area (Å²) >= 11 is 0. The number of benzene rings is 4. The molecule has 4 aromatic carbocycles. The van der Waals surface area contributed by atoms with E-state index in [0.29, 0.717) is 0 Å². The first-order valence-electron chi connectivity index (χ1n) is 11.2. The summed E-state index contributed by atoms with van der Waals surface area (Å²) in [5.41, 5.74) is 6.90. The average molecular weight is 425 g/mol. The predicted octanol–water partition coefficient (Wildman–Crippen LogP) is 6.85. The molecule has 0 spiro atoms. The van der Waals surface area contributed by atoms with E-state index in [0.717, 1.165) is 55.2 Å². The highest BCUT2D eigenvalue weighted by atomic mass is 16.1. The van der Waals surface area contributed by atoms with Crippen LogP contribution in [0.1, 0.15) is 27.0 Å². The van der Waals surface area contributed by atoms with Crippen LogP contribution in [0.3, 0.4) is 0 Å². The van der Waals surface area contributed by atoms with Crippen molar-refractivity contribution >= 4 is 27.6 Å². The topological polar surface area (TPSA) is 48.6 Å². The molecule has 156 valence electrons. The van der Waals surface area contributed by atoms with Gasteiger partial charge in [0.15, 0.2) is 5.78 Å². The molecule has 0 atom stereocenters. The maximum atomic E-state index is 14.8. The third-order valence-corrected chi connectivity index (χ3v) is 7.12. The van der Waals surface area contributed by atoms with E-state index < -0.39 is 5.41 Å². The number of hydrogen-bond acceptors (Lipinski definition) is 1. The minimum atomic E-state index is -0.982. The molecular weight excluding hydrogens is 404 g/mol. The zero-order valence-corrected chi connectivity index (χ0v) is 17.8. The second-order valence-electron chi connectivity index (χ2n) is 8.67. The Balaban J connectivity index is 1.71. The Morgan fingerprint density at radius 1 is 0.485 bits per heavy atom. The molecule has 33 heavy (non-hydrogen) atoms. The highest BCUT2D eigenvalue weighted by Gasteiger charge is 2.51. The number of carbonyl (C=O) groups excluding carboxylic acids is 1. The number of carbonyl (C=O) groups is 1. The molecule has 3 nitrogen and oxygen atoms in total. The van der Waals surface area contributed by atoms with Crippen LogP contribution in [0.15, 0.2) is 109 Å². The second kappa shape index (κ2) is 6.57. The van der Waals surface area contributed by atoms with Gasteiger partial charge < -0.3 is 9.97 Å². The van der Waals surface area contributed by atoms with Gasteiger partial charge in [0.1, 0.15) is 5.41 Å². The smallest absolute Gasteiger partial charge is 0.183 e. The Hall–Kier alpha value is -4.37. The number of nitrogens with one attached hydrogen (secondary N) is 2. The number of aromatic amines is 2. The van der Waals surface area contributed by atoms with E-state index in [1.807, 2.05) is 60.9 Å². The fourth-order valence-electron chi connectivity index (χ4n) is 5.73. The quantitative estimate of drug-likeness (QED) is 0.314. The van der Waals surface area contributed by atoms with Crippen molar-refractivity contribution in [2.45, 2.75) is 5.41 Å². The molecule has 7 rings (SSSR count). The van der Waals surface area contributed by atoms with E-state index >= 15 is 0 Å². The third kappa shape index (κ3) is 2.26. The molecule has 0 bridgehead atoms. The van der Waals surface area contributed by atoms with Crippen LogP contribution in [0.2, 0.25) is 0 Å². The van der Waals surface area contributed by atoms with Crippen LogP contribution in [-0.4, -0.2) is 15.8 Å². The number of fused-ring (bicyclic) bond motifs is 5. The van der Waals surface area contributed by atoms with E-state index in [4.69, 9.17) is 0 Å². The molecule has 0 radical (unpaired) electrons. The van der Waals surface area contributed by atoms with E-state index in [1.165, 1.54) is 0 Å². The Morgan fingerprint density at radius 2 is 0.970 bits per heavy atom. The molecule has 1 aliphatic rings. The summed E-state index contributed by atoms with van der Waals surface area (Å²) in [5, 5.41) is 2.12. The van der Waals surface area contributed by atoms with Gasteiger partial charge in [-0.1, -0.05) is 84.9 Å². The van der Waals surface area contributed by atoms with Crippen molar-refractivity contribution < 1.29 is 4.79 Å². The van der Waals surface area contributed by atoms with Crippen molar-refractivity contribution in [1.29, 1.82) is 0 Å². The number of H-pyrrole nitrogens is 2. The molecule has 0 saturated heterocycles. The van der Waals surface area contributed by atoms with Crippen LogP contribution in [0.25, 0.3) is 32.9 Å². The first kappa shape index (κ1) is 18.2. The first-order chi connectivity index (χ1) is 16.3. The van der Waals surface area contributed by atoms with Crippen molar-refractivity contribution in [3.05, 3.63) is 132 Å². The van der Waals surface area contributed by atoms with Gasteiger partial charge in [0, 0.05) is 50.9 Å². The average Bonchev–Trinajstić information content (AvgIpc) is 3.50. The molecule has 2 aromatic heterocycles. The van der Waals surface area contributed by atoms with Crippen LogP contribution in [-0.2, 0) is 5.41 Å². The Morgan fingerprint density at radius 3 is 1.61 bits per heavy atom. The van der Waals surface area contributed by atoms with Crippen LogP contribution in [0, 0.1) is 0 Å². The van der Waals surface area contributed by atoms with Gasteiger partial charge in [-0.15, -0.1) is 0 Å². The molecule has 0 aliphatic heterocycles. The summed E-state index contributed by atoms with van der Waals surface area (Å²) in [6, 6.07) is 32.8. The summed E-state index contributed by atoms with van der Waals surface area (Å²) < 4.78 is 0. The van der Waals surface area contributed by atoms with Gasteiger partial charge in [-0.2, -0.15) is 0 Å². The largest absolute Gasteiger partial charge is 0.361 e. The standard InChI is InChI=1S/C30H20N2O/c33-29-21-11-2-1-9-19(21)20-10-3-6-14-24(20)30(29,25-17-31-27-15-7-4-12-22(25)27)26-18-32-28-16-8-5-13-23(26)28/h1-18,31-32H. The molecular formula is C30H20N2O. The van der Waals surface area contributed by atoms with Gasteiger partial charge >= 0.3 is 0 Å². The van der Waals surface area contributed by atoms with Gasteiger partial charge in [0.2, 0.25) is 0 Å². The second-order valence-corrected chi connectivity index (χ2v) is 8.67. The number of ketones is 1.